The van der Waals surface area contributed by atoms with E-state index in [9.17, 15) is 0 Å². The van der Waals surface area contributed by atoms with Gasteiger partial charge in [0.2, 0.25) is 0 Å². The Morgan fingerprint density at radius 1 is 0.213 bits per heavy atom. The van der Waals surface area contributed by atoms with Gasteiger partial charge >= 0.3 is 0 Å². The molecule has 0 heteroatoms. The second-order valence-electron chi connectivity index (χ2n) is 16.3. The van der Waals surface area contributed by atoms with Crippen molar-refractivity contribution >= 4 is 10.8 Å². The summed E-state index contributed by atoms with van der Waals surface area (Å²) in [7, 11) is 0. The standard InChI is InChI=1S/C14H16.C10H14.4C8H10.C3H8.C2H6/c1-9-5-13-7-11(3)12(4)8-14(13)6-10(9)2;1-7-5-9(3)10(4)6-8(7)2;4*1-7-5-3-4-6-8(7)2;1-3-2;1-2/h5-8H,1-4H3;5-6H,1-4H3;4*3-6H,1-2H3;3H2,1-2H3;1-2H3. The quantitative estimate of drug-likeness (QED) is 0.143. The molecule has 0 spiro atoms. The SMILES string of the molecule is CC.CCC.Cc1cc(C)c(C)cc1C.Cc1cc2cc(C)c(C)cc2cc1C.Cc1ccccc1C.Cc1ccccc1C.Cc1ccccc1C.Cc1ccccc1C. The van der Waals surface area contributed by atoms with E-state index in [1.807, 2.05) is 13.8 Å². The molecule has 7 rings (SSSR count). The summed E-state index contributed by atoms with van der Waals surface area (Å²) in [5, 5.41) is 2.72. The zero-order valence-electron chi connectivity index (χ0n) is 42.4. The summed E-state index contributed by atoms with van der Waals surface area (Å²) >= 11 is 0. The van der Waals surface area contributed by atoms with Crippen LogP contribution in [0.3, 0.4) is 0 Å². The summed E-state index contributed by atoms with van der Waals surface area (Å²) in [6, 6.07) is 47.0. The Morgan fingerprint density at radius 2 is 0.328 bits per heavy atom. The van der Waals surface area contributed by atoms with Crippen LogP contribution in [0.1, 0.15) is 123 Å². The lowest BCUT2D eigenvalue weighted by molar-refractivity contribution is 1.09. The molecule has 0 aliphatic rings. The number of aryl methyl sites for hydroxylation is 16. The number of fused-ring (bicyclic) bond motifs is 1. The largest absolute Gasteiger partial charge is 0.0683 e. The fourth-order valence-corrected chi connectivity index (χ4v) is 5.56. The van der Waals surface area contributed by atoms with Gasteiger partial charge in [0.15, 0.2) is 0 Å². The lowest BCUT2D eigenvalue weighted by Gasteiger charge is -2.07. The van der Waals surface area contributed by atoms with Crippen molar-refractivity contribution in [1.82, 2.24) is 0 Å². The maximum Gasteiger partial charge on any atom is -0.0178 e. The first-order valence-corrected chi connectivity index (χ1v) is 22.4. The highest BCUT2D eigenvalue weighted by Crippen LogP contribution is 2.23. The molecule has 61 heavy (non-hydrogen) atoms. The third-order valence-electron chi connectivity index (χ3n) is 10.9. The van der Waals surface area contributed by atoms with Crippen molar-refractivity contribution in [2.45, 2.75) is 145 Å². The van der Waals surface area contributed by atoms with Gasteiger partial charge in [-0.25, -0.2) is 0 Å². The Hall–Kier alpha value is -5.20. The minimum Gasteiger partial charge on any atom is -0.0683 e. The van der Waals surface area contributed by atoms with Crippen molar-refractivity contribution in [3.63, 3.8) is 0 Å². The van der Waals surface area contributed by atoms with Gasteiger partial charge in [-0.3, -0.25) is 0 Å². The van der Waals surface area contributed by atoms with Crippen molar-refractivity contribution in [3.8, 4) is 0 Å². The van der Waals surface area contributed by atoms with Crippen LogP contribution in [-0.2, 0) is 0 Å². The maximum absolute atomic E-state index is 2.27. The van der Waals surface area contributed by atoms with E-state index in [0.717, 1.165) is 0 Å². The van der Waals surface area contributed by atoms with Crippen LogP contribution in [0.5, 0.6) is 0 Å². The molecule has 0 heterocycles. The van der Waals surface area contributed by atoms with Crippen molar-refractivity contribution in [1.29, 1.82) is 0 Å². The van der Waals surface area contributed by atoms with Crippen LogP contribution in [0.2, 0.25) is 0 Å². The van der Waals surface area contributed by atoms with E-state index >= 15 is 0 Å². The summed E-state index contributed by atoms with van der Waals surface area (Å²) < 4.78 is 0. The Bertz CT molecular complexity index is 1880. The van der Waals surface area contributed by atoms with Gasteiger partial charge in [0, 0.05) is 0 Å². The Kier molecular flexibility index (Phi) is 28.1. The molecule has 0 bridgehead atoms. The highest BCUT2D eigenvalue weighted by atomic mass is 14.1. The van der Waals surface area contributed by atoms with Crippen LogP contribution in [0, 0.1) is 111 Å². The van der Waals surface area contributed by atoms with Gasteiger partial charge in [-0.15, -0.1) is 0 Å². The average Bonchev–Trinajstić information content (AvgIpc) is 3.22. The van der Waals surface area contributed by atoms with E-state index in [1.54, 1.807) is 0 Å². The zero-order valence-corrected chi connectivity index (χ0v) is 42.4. The Morgan fingerprint density at radius 3 is 0.443 bits per heavy atom. The monoisotopic (exact) mass is 817 g/mol. The Balaban J connectivity index is 0.000000702. The van der Waals surface area contributed by atoms with E-state index in [4.69, 9.17) is 0 Å². The molecule has 0 radical (unpaired) electrons. The van der Waals surface area contributed by atoms with Crippen LogP contribution < -0.4 is 0 Å². The first-order valence-electron chi connectivity index (χ1n) is 22.4. The Labute approximate surface area is 376 Å². The van der Waals surface area contributed by atoms with Crippen molar-refractivity contribution in [2.24, 2.45) is 0 Å². The first kappa shape index (κ1) is 55.8. The van der Waals surface area contributed by atoms with E-state index in [0.29, 0.717) is 0 Å². The number of rotatable bonds is 0. The van der Waals surface area contributed by atoms with Crippen molar-refractivity contribution in [2.75, 3.05) is 0 Å². The molecule has 0 aliphatic carbocycles. The summed E-state index contributed by atoms with van der Waals surface area (Å²) in [5.41, 5.74) is 22.0. The molecule has 0 N–H and O–H groups in total. The summed E-state index contributed by atoms with van der Waals surface area (Å²) in [6.45, 7) is 42.5. The molecule has 0 nitrogen and oxygen atoms in total. The molecule has 0 aromatic heterocycles. The normalized spacial score (nSPS) is 9.38. The predicted octanol–water partition coefficient (Wildman–Crippen LogP) is 18.7. The van der Waals surface area contributed by atoms with Gasteiger partial charge in [-0.2, -0.15) is 0 Å². The van der Waals surface area contributed by atoms with Gasteiger partial charge in [0.25, 0.3) is 0 Å². The molecule has 0 atom stereocenters. The predicted molar refractivity (Wildman–Crippen MR) is 279 cm³/mol. The smallest absolute Gasteiger partial charge is 0.0178 e. The molecule has 0 fully saturated rings. The van der Waals surface area contributed by atoms with Crippen LogP contribution >= 0.6 is 0 Å². The minimum absolute atomic E-state index is 1.25. The van der Waals surface area contributed by atoms with Gasteiger partial charge in [-0.1, -0.05) is 168 Å². The lowest BCUT2D eigenvalue weighted by atomic mass is 9.98. The minimum atomic E-state index is 1.25. The van der Waals surface area contributed by atoms with Gasteiger partial charge in [-0.05, 0) is 211 Å². The maximum atomic E-state index is 2.27. The van der Waals surface area contributed by atoms with E-state index < -0.39 is 0 Å². The topological polar surface area (TPSA) is 0 Å². The zero-order chi connectivity index (χ0) is 46.7. The summed E-state index contributed by atoms with van der Waals surface area (Å²) in [6.07, 6.45) is 1.25. The van der Waals surface area contributed by atoms with Gasteiger partial charge < -0.3 is 0 Å². The van der Waals surface area contributed by atoms with Gasteiger partial charge in [0.1, 0.15) is 0 Å². The van der Waals surface area contributed by atoms with Crippen molar-refractivity contribution in [3.05, 3.63) is 222 Å². The van der Waals surface area contributed by atoms with Crippen LogP contribution in [0.25, 0.3) is 10.8 Å². The van der Waals surface area contributed by atoms with Crippen LogP contribution in [0.15, 0.2) is 133 Å². The number of hydrogen-bond acceptors (Lipinski definition) is 0. The molecule has 328 valence electrons. The molecule has 7 aromatic carbocycles. The van der Waals surface area contributed by atoms with Crippen LogP contribution in [-0.4, -0.2) is 0 Å². The fraction of sp³-hybridized carbons (Fsp3) is 0.344. The molecular formula is C61H84. The van der Waals surface area contributed by atoms with Crippen LogP contribution in [0.4, 0.5) is 0 Å². The highest BCUT2D eigenvalue weighted by molar-refractivity contribution is 5.85. The summed E-state index contributed by atoms with van der Waals surface area (Å²) in [4.78, 5) is 0. The fourth-order valence-electron chi connectivity index (χ4n) is 5.56. The number of benzene rings is 7. The van der Waals surface area contributed by atoms with E-state index in [-0.39, 0.29) is 0 Å². The molecule has 7 aromatic rings. The molecule has 0 unspecified atom stereocenters. The molecule has 0 amide bonds. The highest BCUT2D eigenvalue weighted by Gasteiger charge is 2.00. The molecular weight excluding hydrogens is 733 g/mol. The third-order valence-corrected chi connectivity index (χ3v) is 10.9. The van der Waals surface area contributed by atoms with Gasteiger partial charge in [0.05, 0.1) is 0 Å². The second-order valence-corrected chi connectivity index (χ2v) is 16.3. The third kappa shape index (κ3) is 22.3. The van der Waals surface area contributed by atoms with Crippen molar-refractivity contribution < 1.29 is 0 Å². The van der Waals surface area contributed by atoms with E-state index in [2.05, 4.69) is 258 Å². The second kappa shape index (κ2) is 30.8. The number of hydrogen-bond donors (Lipinski definition) is 0. The van der Waals surface area contributed by atoms with E-state index in [1.165, 1.54) is 106 Å². The lowest BCUT2D eigenvalue weighted by Crippen LogP contribution is -1.86. The molecule has 0 saturated carbocycles. The molecule has 0 aliphatic heterocycles. The average molecular weight is 817 g/mol. The summed E-state index contributed by atoms with van der Waals surface area (Å²) in [5.74, 6) is 0. The molecule has 0 saturated heterocycles. The first-order chi connectivity index (χ1) is 28.8.